The van der Waals surface area contributed by atoms with Gasteiger partial charge >= 0.3 is 0 Å². The van der Waals surface area contributed by atoms with Crippen LogP contribution in [0.1, 0.15) is 5.56 Å². The lowest BCUT2D eigenvalue weighted by Gasteiger charge is -2.07. The van der Waals surface area contributed by atoms with E-state index < -0.39 is 0 Å². The molecular formula is C34H26. The maximum Gasteiger partial charge on any atom is -0.0106 e. The molecule has 0 N–H and O–H groups in total. The van der Waals surface area contributed by atoms with Crippen LogP contribution in [0.25, 0.3) is 50.9 Å². The normalized spacial score (nSPS) is 11.4. The second-order valence-electron chi connectivity index (χ2n) is 8.44. The Bertz CT molecular complexity index is 1690. The Hall–Kier alpha value is -4.42. The monoisotopic (exact) mass is 434 g/mol. The van der Waals surface area contributed by atoms with Crippen molar-refractivity contribution in [3.63, 3.8) is 0 Å². The molecule has 5 aromatic carbocycles. The maximum absolute atomic E-state index is 4.46. The average molecular weight is 435 g/mol. The van der Waals surface area contributed by atoms with E-state index in [-0.39, 0.29) is 0 Å². The predicted molar refractivity (Wildman–Crippen MR) is 149 cm³/mol. The minimum Gasteiger partial charge on any atom is -0.0912 e. The average Bonchev–Trinajstić information content (AvgIpc) is 2.87. The Morgan fingerprint density at radius 1 is 0.529 bits per heavy atom. The molecule has 0 unspecified atom stereocenters. The summed E-state index contributed by atoms with van der Waals surface area (Å²) in [5.41, 5.74) is 4.42. The number of hydrogen-bond donors (Lipinski definition) is 0. The summed E-state index contributed by atoms with van der Waals surface area (Å²) >= 11 is 0. The van der Waals surface area contributed by atoms with Gasteiger partial charge in [-0.3, -0.25) is 0 Å². The van der Waals surface area contributed by atoms with Gasteiger partial charge in [0, 0.05) is 0 Å². The summed E-state index contributed by atoms with van der Waals surface area (Å²) in [4.78, 5) is 0. The fourth-order valence-electron chi connectivity index (χ4n) is 4.30. The highest BCUT2D eigenvalue weighted by Gasteiger charge is 2.03. The molecule has 0 spiro atoms. The quantitative estimate of drug-likeness (QED) is 0.273. The molecule has 0 aliphatic rings. The SMILES string of the molecule is C=C(C=c1cc(-c2ccc3ccccc3c2)ccc1=C)c1cccccccc2ccccc12. The van der Waals surface area contributed by atoms with Crippen molar-refractivity contribution in [2.45, 2.75) is 0 Å². The fourth-order valence-corrected chi connectivity index (χ4v) is 4.30. The van der Waals surface area contributed by atoms with E-state index in [0.29, 0.717) is 0 Å². The molecule has 5 aromatic rings. The van der Waals surface area contributed by atoms with Crippen molar-refractivity contribution in [1.29, 1.82) is 0 Å². The Morgan fingerprint density at radius 2 is 1.12 bits per heavy atom. The standard InChI is InChI=1S/C34H26/c1-25-18-19-30(31-21-20-27-12-8-9-15-29(27)23-31)24-32(25)22-26(2)33-16-7-5-3-4-6-13-28-14-10-11-17-34(28)33/h3-24H,1-2H2. The van der Waals surface area contributed by atoms with Gasteiger partial charge in [-0.25, -0.2) is 0 Å². The van der Waals surface area contributed by atoms with E-state index >= 15 is 0 Å². The Kier molecular flexibility index (Phi) is 6.05. The molecule has 0 heterocycles. The summed E-state index contributed by atoms with van der Waals surface area (Å²) in [6, 6.07) is 44.5. The van der Waals surface area contributed by atoms with Gasteiger partial charge in [0.2, 0.25) is 0 Å². The maximum atomic E-state index is 4.46. The molecule has 0 aliphatic heterocycles. The largest absolute Gasteiger partial charge is 0.0912 e. The van der Waals surface area contributed by atoms with Crippen LogP contribution in [0, 0.1) is 0 Å². The zero-order valence-corrected chi connectivity index (χ0v) is 19.1. The molecular weight excluding hydrogens is 408 g/mol. The van der Waals surface area contributed by atoms with Crippen LogP contribution in [-0.4, -0.2) is 0 Å². The minimum absolute atomic E-state index is 0.954. The minimum atomic E-state index is 0.954. The van der Waals surface area contributed by atoms with Crippen molar-refractivity contribution >= 4 is 39.8 Å². The summed E-state index contributed by atoms with van der Waals surface area (Å²) in [5.74, 6) is 0. The fraction of sp³-hybridized carbons (Fsp3) is 0. The molecule has 0 aliphatic carbocycles. The molecule has 0 amide bonds. The van der Waals surface area contributed by atoms with Crippen LogP contribution < -0.4 is 10.4 Å². The third-order valence-electron chi connectivity index (χ3n) is 6.14. The topological polar surface area (TPSA) is 0 Å². The van der Waals surface area contributed by atoms with E-state index in [0.717, 1.165) is 27.0 Å². The first-order chi connectivity index (χ1) is 16.7. The number of fused-ring (bicyclic) bond motifs is 2. The first-order valence-electron chi connectivity index (χ1n) is 11.5. The molecule has 0 heteroatoms. The van der Waals surface area contributed by atoms with E-state index in [9.17, 15) is 0 Å². The van der Waals surface area contributed by atoms with Gasteiger partial charge in [-0.15, -0.1) is 0 Å². The molecule has 5 rings (SSSR count). The number of hydrogen-bond acceptors (Lipinski definition) is 0. The van der Waals surface area contributed by atoms with Crippen LogP contribution >= 0.6 is 0 Å². The van der Waals surface area contributed by atoms with E-state index in [4.69, 9.17) is 0 Å². The molecule has 0 radical (unpaired) electrons. The molecule has 0 saturated heterocycles. The highest BCUT2D eigenvalue weighted by Crippen LogP contribution is 2.25. The summed E-state index contributed by atoms with van der Waals surface area (Å²) in [6.07, 6.45) is 2.15. The third-order valence-corrected chi connectivity index (χ3v) is 6.14. The van der Waals surface area contributed by atoms with Crippen molar-refractivity contribution in [1.82, 2.24) is 0 Å². The number of benzene rings is 4. The molecule has 0 atom stereocenters. The van der Waals surface area contributed by atoms with E-state index in [1.165, 1.54) is 27.3 Å². The van der Waals surface area contributed by atoms with Gasteiger partial charge in [-0.2, -0.15) is 0 Å². The van der Waals surface area contributed by atoms with Crippen molar-refractivity contribution < 1.29 is 0 Å². The van der Waals surface area contributed by atoms with Gasteiger partial charge in [-0.1, -0.05) is 128 Å². The van der Waals surface area contributed by atoms with Crippen LogP contribution in [0.3, 0.4) is 0 Å². The highest BCUT2D eigenvalue weighted by atomic mass is 14.1. The van der Waals surface area contributed by atoms with E-state index in [1.807, 2.05) is 18.2 Å². The van der Waals surface area contributed by atoms with Gasteiger partial charge in [0.15, 0.2) is 0 Å². The first-order valence-corrected chi connectivity index (χ1v) is 11.5. The molecule has 34 heavy (non-hydrogen) atoms. The second-order valence-corrected chi connectivity index (χ2v) is 8.44. The van der Waals surface area contributed by atoms with Crippen LogP contribution in [0.2, 0.25) is 0 Å². The lowest BCUT2D eigenvalue weighted by Crippen LogP contribution is -2.22. The molecule has 0 fully saturated rings. The van der Waals surface area contributed by atoms with Crippen molar-refractivity contribution in [2.75, 3.05) is 0 Å². The van der Waals surface area contributed by atoms with Crippen molar-refractivity contribution in [2.24, 2.45) is 0 Å². The Morgan fingerprint density at radius 3 is 1.94 bits per heavy atom. The van der Waals surface area contributed by atoms with Gasteiger partial charge < -0.3 is 0 Å². The molecule has 162 valence electrons. The van der Waals surface area contributed by atoms with Gasteiger partial charge in [0.25, 0.3) is 0 Å². The number of rotatable bonds is 3. The van der Waals surface area contributed by atoms with E-state index in [2.05, 4.69) is 128 Å². The van der Waals surface area contributed by atoms with Crippen molar-refractivity contribution in [3.8, 4) is 11.1 Å². The Labute approximate surface area is 200 Å². The molecule has 0 aromatic heterocycles. The highest BCUT2D eigenvalue weighted by molar-refractivity contribution is 6.00. The summed E-state index contributed by atoms with van der Waals surface area (Å²) in [6.45, 7) is 8.74. The second kappa shape index (κ2) is 9.60. The van der Waals surface area contributed by atoms with E-state index in [1.54, 1.807) is 0 Å². The predicted octanol–water partition coefficient (Wildman–Crippen LogP) is 7.69. The summed E-state index contributed by atoms with van der Waals surface area (Å²) in [5, 5.41) is 6.88. The van der Waals surface area contributed by atoms with Crippen LogP contribution in [0.4, 0.5) is 0 Å². The van der Waals surface area contributed by atoms with Crippen LogP contribution in [0.5, 0.6) is 0 Å². The van der Waals surface area contributed by atoms with Gasteiger partial charge in [0.1, 0.15) is 0 Å². The lowest BCUT2D eigenvalue weighted by atomic mass is 9.98. The zero-order chi connectivity index (χ0) is 23.3. The lowest BCUT2D eigenvalue weighted by molar-refractivity contribution is 1.52. The third kappa shape index (κ3) is 4.53. The molecule has 0 bridgehead atoms. The molecule has 0 saturated carbocycles. The smallest absolute Gasteiger partial charge is 0.0106 e. The van der Waals surface area contributed by atoms with Crippen molar-refractivity contribution in [3.05, 3.63) is 150 Å². The zero-order valence-electron chi connectivity index (χ0n) is 19.1. The summed E-state index contributed by atoms with van der Waals surface area (Å²) in [7, 11) is 0. The summed E-state index contributed by atoms with van der Waals surface area (Å²) < 4.78 is 0. The van der Waals surface area contributed by atoms with Gasteiger partial charge in [0.05, 0.1) is 0 Å². The number of allylic oxidation sites excluding steroid dienone is 1. The van der Waals surface area contributed by atoms with Crippen LogP contribution in [0.15, 0.2) is 134 Å². The van der Waals surface area contributed by atoms with Gasteiger partial charge in [-0.05, 0) is 72.5 Å². The van der Waals surface area contributed by atoms with Crippen LogP contribution in [-0.2, 0) is 0 Å². The first kappa shape index (κ1) is 21.4. The molecule has 0 nitrogen and oxygen atoms in total. The Balaban J connectivity index is 1.65.